The fourth-order valence-corrected chi connectivity index (χ4v) is 2.73. The maximum absolute atomic E-state index is 13.0. The molecule has 0 spiro atoms. The highest BCUT2D eigenvalue weighted by molar-refractivity contribution is 7.18. The molecule has 1 aromatic carbocycles. The molecule has 1 aromatic heterocycles. The van der Waals surface area contributed by atoms with E-state index in [1.165, 1.54) is 0 Å². The van der Waals surface area contributed by atoms with Crippen molar-refractivity contribution in [1.82, 2.24) is 4.98 Å². The maximum Gasteiger partial charge on any atom is 0.423 e. The third-order valence-corrected chi connectivity index (χ3v) is 3.81. The van der Waals surface area contributed by atoms with Crippen LogP contribution < -0.4 is 5.73 Å². The number of nitrogens with two attached hydrogens (primary N) is 1. The molecule has 0 saturated carbocycles. The predicted octanol–water partition coefficient (Wildman–Crippen LogP) is 2.40. The summed E-state index contributed by atoms with van der Waals surface area (Å²) < 4.78 is 39.5. The Morgan fingerprint density at radius 1 is 1.28 bits per heavy atom. The monoisotopic (exact) mass is 276 g/mol. The first-order chi connectivity index (χ1) is 8.38. The van der Waals surface area contributed by atoms with Gasteiger partial charge in [0.15, 0.2) is 0 Å². The third kappa shape index (κ3) is 2.09. The summed E-state index contributed by atoms with van der Waals surface area (Å²) in [7, 11) is 0. The Morgan fingerprint density at radius 2 is 1.94 bits per heavy atom. The van der Waals surface area contributed by atoms with E-state index in [9.17, 15) is 18.3 Å². The standard InChI is InChI=1S/C11H11F3N2OS/c12-11(13,14)10(17,5-6-15)9-16-7-3-1-2-4-8(7)18-9/h1-4,17H,5-6,15H2/t10-/m0/s1. The molecule has 0 fully saturated rings. The van der Waals surface area contributed by atoms with Crippen LogP contribution in [0.4, 0.5) is 13.2 Å². The van der Waals surface area contributed by atoms with Gasteiger partial charge in [-0.25, -0.2) is 4.98 Å². The molecule has 0 saturated heterocycles. The van der Waals surface area contributed by atoms with Gasteiger partial charge in [-0.2, -0.15) is 13.2 Å². The lowest BCUT2D eigenvalue weighted by molar-refractivity contribution is -0.268. The Morgan fingerprint density at radius 3 is 2.50 bits per heavy atom. The van der Waals surface area contributed by atoms with Crippen LogP contribution in [0.5, 0.6) is 0 Å². The molecule has 1 atom stereocenters. The minimum absolute atomic E-state index is 0.272. The number of benzene rings is 1. The quantitative estimate of drug-likeness (QED) is 0.905. The molecule has 2 aromatic rings. The third-order valence-electron chi connectivity index (χ3n) is 2.62. The number of rotatable bonds is 3. The number of fused-ring (bicyclic) bond motifs is 1. The molecule has 0 unspecified atom stereocenters. The van der Waals surface area contributed by atoms with Gasteiger partial charge in [-0.1, -0.05) is 12.1 Å². The van der Waals surface area contributed by atoms with Crippen LogP contribution in [0.3, 0.4) is 0 Å². The lowest BCUT2D eigenvalue weighted by atomic mass is 10.00. The average Bonchev–Trinajstić information content (AvgIpc) is 2.71. The van der Waals surface area contributed by atoms with Gasteiger partial charge in [0.05, 0.1) is 10.2 Å². The van der Waals surface area contributed by atoms with Crippen LogP contribution in [-0.4, -0.2) is 22.8 Å². The van der Waals surface area contributed by atoms with E-state index in [0.717, 1.165) is 11.3 Å². The number of aromatic nitrogens is 1. The van der Waals surface area contributed by atoms with Crippen LogP contribution in [0.15, 0.2) is 24.3 Å². The fraction of sp³-hybridized carbons (Fsp3) is 0.364. The van der Waals surface area contributed by atoms with Crippen molar-refractivity contribution in [1.29, 1.82) is 0 Å². The van der Waals surface area contributed by atoms with Gasteiger partial charge in [0.25, 0.3) is 0 Å². The normalized spacial score (nSPS) is 15.8. The van der Waals surface area contributed by atoms with Crippen LogP contribution in [0.25, 0.3) is 10.2 Å². The second-order valence-corrected chi connectivity index (χ2v) is 4.91. The van der Waals surface area contributed by atoms with Crippen molar-refractivity contribution in [2.45, 2.75) is 18.2 Å². The number of para-hydroxylation sites is 1. The molecule has 2 rings (SSSR count). The summed E-state index contributed by atoms with van der Waals surface area (Å²) in [6, 6.07) is 6.66. The zero-order valence-corrected chi connectivity index (χ0v) is 10.1. The van der Waals surface area contributed by atoms with Crippen molar-refractivity contribution >= 4 is 21.6 Å². The van der Waals surface area contributed by atoms with E-state index in [2.05, 4.69) is 4.98 Å². The molecule has 0 aliphatic carbocycles. The van der Waals surface area contributed by atoms with E-state index in [-0.39, 0.29) is 11.6 Å². The van der Waals surface area contributed by atoms with Gasteiger partial charge in [0.2, 0.25) is 5.60 Å². The lowest BCUT2D eigenvalue weighted by Gasteiger charge is -2.27. The molecular weight excluding hydrogens is 265 g/mol. The van der Waals surface area contributed by atoms with E-state index in [1.54, 1.807) is 24.3 Å². The summed E-state index contributed by atoms with van der Waals surface area (Å²) in [4.78, 5) is 3.86. The van der Waals surface area contributed by atoms with Crippen LogP contribution in [0, 0.1) is 0 Å². The Bertz CT molecular complexity index is 521. The second-order valence-electron chi connectivity index (χ2n) is 3.88. The highest BCUT2D eigenvalue weighted by atomic mass is 32.1. The Balaban J connectivity index is 2.55. The lowest BCUT2D eigenvalue weighted by Crippen LogP contribution is -2.43. The van der Waals surface area contributed by atoms with Crippen molar-refractivity contribution in [3.05, 3.63) is 29.3 Å². The zero-order chi connectivity index (χ0) is 13.4. The molecule has 18 heavy (non-hydrogen) atoms. The molecule has 0 bridgehead atoms. The first-order valence-corrected chi connectivity index (χ1v) is 6.05. The summed E-state index contributed by atoms with van der Waals surface area (Å²) in [6.07, 6.45) is -5.39. The number of hydrogen-bond acceptors (Lipinski definition) is 4. The summed E-state index contributed by atoms with van der Waals surface area (Å²) in [5, 5.41) is 9.50. The smallest absolute Gasteiger partial charge is 0.374 e. The summed E-state index contributed by atoms with van der Waals surface area (Å²) in [6.45, 7) is -0.272. The van der Waals surface area contributed by atoms with Crippen LogP contribution in [0.1, 0.15) is 11.4 Å². The minimum atomic E-state index is -4.79. The van der Waals surface area contributed by atoms with Gasteiger partial charge in [0, 0.05) is 6.42 Å². The van der Waals surface area contributed by atoms with Crippen LogP contribution >= 0.6 is 11.3 Å². The van der Waals surface area contributed by atoms with Gasteiger partial charge in [0.1, 0.15) is 5.01 Å². The van der Waals surface area contributed by atoms with Crippen molar-refractivity contribution in [2.24, 2.45) is 5.73 Å². The van der Waals surface area contributed by atoms with Crippen molar-refractivity contribution < 1.29 is 18.3 Å². The van der Waals surface area contributed by atoms with Crippen LogP contribution in [-0.2, 0) is 5.60 Å². The molecular formula is C11H11F3N2OS. The largest absolute Gasteiger partial charge is 0.423 e. The highest BCUT2D eigenvalue weighted by Gasteiger charge is 2.56. The molecule has 3 N–H and O–H groups in total. The Labute approximate surface area is 105 Å². The second kappa shape index (κ2) is 4.49. The molecule has 0 aliphatic rings. The summed E-state index contributed by atoms with van der Waals surface area (Å²) in [5.74, 6) is 0. The number of halogens is 3. The van der Waals surface area contributed by atoms with Crippen molar-refractivity contribution in [3.8, 4) is 0 Å². The number of aliphatic hydroxyl groups is 1. The first-order valence-electron chi connectivity index (χ1n) is 5.24. The number of alkyl halides is 3. The predicted molar refractivity (Wildman–Crippen MR) is 63.2 cm³/mol. The number of hydrogen-bond donors (Lipinski definition) is 2. The molecule has 3 nitrogen and oxygen atoms in total. The summed E-state index contributed by atoms with van der Waals surface area (Å²) in [5.41, 5.74) is 2.63. The zero-order valence-electron chi connectivity index (χ0n) is 9.24. The van der Waals surface area contributed by atoms with E-state index < -0.39 is 18.2 Å². The first kappa shape index (κ1) is 13.3. The number of thiazole rings is 1. The molecule has 1 heterocycles. The topological polar surface area (TPSA) is 59.1 Å². The Kier molecular flexibility index (Phi) is 3.31. The van der Waals surface area contributed by atoms with E-state index in [4.69, 9.17) is 5.73 Å². The van der Waals surface area contributed by atoms with Gasteiger partial charge >= 0.3 is 6.18 Å². The van der Waals surface area contributed by atoms with Crippen LogP contribution in [0.2, 0.25) is 0 Å². The molecule has 98 valence electrons. The van der Waals surface area contributed by atoms with E-state index in [1.807, 2.05) is 0 Å². The van der Waals surface area contributed by atoms with Gasteiger partial charge in [-0.15, -0.1) is 11.3 Å². The molecule has 0 amide bonds. The highest BCUT2D eigenvalue weighted by Crippen LogP contribution is 2.43. The van der Waals surface area contributed by atoms with Gasteiger partial charge in [-0.05, 0) is 18.7 Å². The average molecular weight is 276 g/mol. The van der Waals surface area contributed by atoms with Gasteiger partial charge in [-0.3, -0.25) is 0 Å². The minimum Gasteiger partial charge on any atom is -0.374 e. The van der Waals surface area contributed by atoms with Crippen molar-refractivity contribution in [2.75, 3.05) is 6.54 Å². The fourth-order valence-electron chi connectivity index (χ4n) is 1.63. The van der Waals surface area contributed by atoms with E-state index in [0.29, 0.717) is 10.2 Å². The summed E-state index contributed by atoms with van der Waals surface area (Å²) >= 11 is 0.834. The molecule has 0 aliphatic heterocycles. The SMILES string of the molecule is NCC[C@](O)(c1nc2ccccc2s1)C(F)(F)F. The number of nitrogens with zero attached hydrogens (tertiary/aromatic N) is 1. The Hall–Kier alpha value is -1.18. The maximum atomic E-state index is 13.0. The van der Waals surface area contributed by atoms with E-state index >= 15 is 0 Å². The van der Waals surface area contributed by atoms with Gasteiger partial charge < -0.3 is 10.8 Å². The molecule has 7 heteroatoms. The molecule has 0 radical (unpaired) electrons. The van der Waals surface area contributed by atoms with Crippen molar-refractivity contribution in [3.63, 3.8) is 0 Å².